The van der Waals surface area contributed by atoms with Gasteiger partial charge in [0.2, 0.25) is 0 Å². The van der Waals surface area contributed by atoms with Gasteiger partial charge in [-0.15, -0.1) is 0 Å². The van der Waals surface area contributed by atoms with Gasteiger partial charge < -0.3 is 0 Å². The van der Waals surface area contributed by atoms with Crippen LogP contribution in [0.2, 0.25) is 0 Å². The summed E-state index contributed by atoms with van der Waals surface area (Å²) < 4.78 is 2.33. The molecule has 3 nitrogen and oxygen atoms in total. The zero-order valence-electron chi connectivity index (χ0n) is 20.9. The first kappa shape index (κ1) is 22.6. The molecule has 8 aromatic rings. The lowest BCUT2D eigenvalue weighted by atomic mass is 10.1. The molecule has 5 aromatic carbocycles. The molecule has 0 N–H and O–H groups in total. The summed E-state index contributed by atoms with van der Waals surface area (Å²) in [6.07, 6.45) is 0. The molecule has 5 heteroatoms. The zero-order valence-corrected chi connectivity index (χ0v) is 22.6. The predicted molar refractivity (Wildman–Crippen MR) is 169 cm³/mol. The maximum absolute atomic E-state index is 6.85. The molecule has 0 aliphatic heterocycles. The zero-order chi connectivity index (χ0) is 26.0. The van der Waals surface area contributed by atoms with Crippen LogP contribution in [0.4, 0.5) is 0 Å². The lowest BCUT2D eigenvalue weighted by Crippen LogP contribution is -2.26. The summed E-state index contributed by atoms with van der Waals surface area (Å²) in [5.41, 5.74) is 5.96. The number of benzene rings is 5. The van der Waals surface area contributed by atoms with E-state index in [1.54, 1.807) is 0 Å². The molecule has 39 heavy (non-hydrogen) atoms. The molecule has 0 saturated heterocycles. The number of imidazole rings is 1. The second-order valence-electron chi connectivity index (χ2n) is 9.79. The highest BCUT2D eigenvalue weighted by Crippen LogP contribution is 2.46. The molecule has 0 atom stereocenters. The minimum absolute atomic E-state index is 0.909. The van der Waals surface area contributed by atoms with E-state index in [0.29, 0.717) is 0 Å². The van der Waals surface area contributed by atoms with Crippen LogP contribution in [-0.2, 0) is 11.8 Å². The molecule has 0 aliphatic rings. The lowest BCUT2D eigenvalue weighted by molar-refractivity contribution is 1.32. The van der Waals surface area contributed by atoms with E-state index in [-0.39, 0.29) is 0 Å². The summed E-state index contributed by atoms with van der Waals surface area (Å²) in [6.45, 7) is 0. The summed E-state index contributed by atoms with van der Waals surface area (Å²) in [5.74, 6) is 0. The van der Waals surface area contributed by atoms with Crippen molar-refractivity contribution in [3.63, 3.8) is 0 Å². The van der Waals surface area contributed by atoms with Crippen LogP contribution in [0.3, 0.4) is 0 Å². The third-order valence-corrected chi connectivity index (χ3v) is 12.5. The molecule has 3 heterocycles. The van der Waals surface area contributed by atoms with Crippen molar-refractivity contribution in [1.82, 2.24) is 14.4 Å². The lowest BCUT2D eigenvalue weighted by Gasteiger charge is -2.26. The summed E-state index contributed by atoms with van der Waals surface area (Å²) in [7, 11) is 0. The normalized spacial score (nSPS) is 12.2. The maximum Gasteiger partial charge on any atom is 0.148 e. The van der Waals surface area contributed by atoms with E-state index in [4.69, 9.17) is 21.8 Å². The highest BCUT2D eigenvalue weighted by atomic mass is 32.4. The standard InChI is InChI=1S/C34H22N3PS/c39-38(24-13-3-1-4-14-24,25-15-5-2-6-16-25)31-21-11-17-26-32-27(22-23-12-7-8-18-28(23)35-32)34-36-29-19-9-10-20-30(29)37(34)33(26)31/h1-22H. The van der Waals surface area contributed by atoms with Crippen molar-refractivity contribution in [3.05, 3.63) is 133 Å². The van der Waals surface area contributed by atoms with Crippen molar-refractivity contribution >= 4 is 83.1 Å². The first-order valence-electron chi connectivity index (χ1n) is 13.0. The Morgan fingerprint density at radius 2 is 1.21 bits per heavy atom. The summed E-state index contributed by atoms with van der Waals surface area (Å²) in [6, 6.07) is 44.2. The third-order valence-electron chi connectivity index (χ3n) is 7.60. The molecule has 184 valence electrons. The van der Waals surface area contributed by atoms with Crippen molar-refractivity contribution in [3.8, 4) is 0 Å². The molecular formula is C34H22N3PS. The van der Waals surface area contributed by atoms with Gasteiger partial charge in [-0.3, -0.25) is 4.40 Å². The summed E-state index contributed by atoms with van der Waals surface area (Å²) >= 11 is 6.85. The molecular weight excluding hydrogens is 513 g/mol. The van der Waals surface area contributed by atoms with Gasteiger partial charge in [0, 0.05) is 27.5 Å². The van der Waals surface area contributed by atoms with Crippen LogP contribution in [-0.4, -0.2) is 14.4 Å². The number of nitrogens with zero attached hydrogens (tertiary/aromatic N) is 3. The van der Waals surface area contributed by atoms with E-state index in [1.807, 2.05) is 12.1 Å². The molecule has 0 fully saturated rings. The molecule has 3 aromatic heterocycles. The Balaban J connectivity index is 1.65. The van der Waals surface area contributed by atoms with E-state index in [1.165, 1.54) is 10.6 Å². The minimum Gasteiger partial charge on any atom is -0.291 e. The number of hydrogen-bond acceptors (Lipinski definition) is 3. The number of fused-ring (bicyclic) bond motifs is 9. The third kappa shape index (κ3) is 3.26. The Hall–Kier alpha value is -4.37. The van der Waals surface area contributed by atoms with Crippen molar-refractivity contribution < 1.29 is 0 Å². The van der Waals surface area contributed by atoms with Crippen LogP contribution in [0.1, 0.15) is 0 Å². The highest BCUT2D eigenvalue weighted by molar-refractivity contribution is 8.25. The molecule has 0 amide bonds. The predicted octanol–water partition coefficient (Wildman–Crippen LogP) is 7.10. The molecule has 0 spiro atoms. The minimum atomic E-state index is -2.45. The SMILES string of the molecule is S=P(c1ccccc1)(c1ccccc1)c1cccc2c3nc4ccccc4cc3c3nc4ccccc4n3c12. The first-order chi connectivity index (χ1) is 19.2. The van der Waals surface area contributed by atoms with Crippen molar-refractivity contribution in [2.75, 3.05) is 0 Å². The van der Waals surface area contributed by atoms with Gasteiger partial charge in [-0.25, -0.2) is 9.97 Å². The second kappa shape index (κ2) is 8.57. The van der Waals surface area contributed by atoms with Crippen molar-refractivity contribution in [2.45, 2.75) is 0 Å². The van der Waals surface area contributed by atoms with Gasteiger partial charge in [-0.2, -0.15) is 0 Å². The quantitative estimate of drug-likeness (QED) is 0.137. The van der Waals surface area contributed by atoms with Gasteiger partial charge >= 0.3 is 0 Å². The molecule has 0 unspecified atom stereocenters. The van der Waals surface area contributed by atoms with Gasteiger partial charge in [0.1, 0.15) is 5.65 Å². The smallest absolute Gasteiger partial charge is 0.148 e. The molecule has 0 saturated carbocycles. The topological polar surface area (TPSA) is 30.2 Å². The van der Waals surface area contributed by atoms with E-state index in [2.05, 4.69) is 126 Å². The van der Waals surface area contributed by atoms with Gasteiger partial charge in [0.05, 0.1) is 27.6 Å². The molecule has 0 aliphatic carbocycles. The maximum atomic E-state index is 6.85. The number of para-hydroxylation sites is 4. The van der Waals surface area contributed by atoms with Crippen LogP contribution in [0.15, 0.2) is 133 Å². The second-order valence-corrected chi connectivity index (χ2v) is 14.2. The van der Waals surface area contributed by atoms with Gasteiger partial charge in [0.15, 0.2) is 0 Å². The summed E-state index contributed by atoms with van der Waals surface area (Å²) in [4.78, 5) is 10.4. The molecule has 0 radical (unpaired) electrons. The van der Waals surface area contributed by atoms with Crippen LogP contribution < -0.4 is 15.9 Å². The largest absolute Gasteiger partial charge is 0.291 e. The molecule has 8 rings (SSSR count). The average Bonchev–Trinajstić information content (AvgIpc) is 3.40. The Morgan fingerprint density at radius 1 is 0.564 bits per heavy atom. The van der Waals surface area contributed by atoms with E-state index >= 15 is 0 Å². The highest BCUT2D eigenvalue weighted by Gasteiger charge is 2.29. The van der Waals surface area contributed by atoms with Gasteiger partial charge in [0.25, 0.3) is 0 Å². The monoisotopic (exact) mass is 535 g/mol. The van der Waals surface area contributed by atoms with Crippen molar-refractivity contribution in [1.29, 1.82) is 0 Å². The Kier molecular flexibility index (Phi) is 4.97. The fourth-order valence-corrected chi connectivity index (χ4v) is 9.86. The first-order valence-corrected chi connectivity index (χ1v) is 15.8. The number of aromatic nitrogens is 3. The van der Waals surface area contributed by atoms with Crippen LogP contribution >= 0.6 is 6.04 Å². The van der Waals surface area contributed by atoms with Crippen molar-refractivity contribution in [2.24, 2.45) is 0 Å². The Bertz CT molecular complexity index is 2210. The Labute approximate surface area is 230 Å². The van der Waals surface area contributed by atoms with E-state index < -0.39 is 6.04 Å². The van der Waals surface area contributed by atoms with E-state index in [0.717, 1.165) is 54.7 Å². The number of hydrogen-bond donors (Lipinski definition) is 0. The average molecular weight is 536 g/mol. The summed E-state index contributed by atoms with van der Waals surface area (Å²) in [5, 5.41) is 6.73. The van der Waals surface area contributed by atoms with Gasteiger partial charge in [-0.1, -0.05) is 121 Å². The fraction of sp³-hybridized carbons (Fsp3) is 0. The number of pyridine rings is 2. The molecule has 0 bridgehead atoms. The Morgan fingerprint density at radius 3 is 1.95 bits per heavy atom. The fourth-order valence-electron chi connectivity index (χ4n) is 5.84. The van der Waals surface area contributed by atoms with Gasteiger partial charge in [-0.05, 0) is 34.9 Å². The number of rotatable bonds is 3. The van der Waals surface area contributed by atoms with E-state index in [9.17, 15) is 0 Å². The van der Waals surface area contributed by atoms with Crippen LogP contribution in [0, 0.1) is 0 Å². The van der Waals surface area contributed by atoms with Crippen LogP contribution in [0.5, 0.6) is 0 Å². The van der Waals surface area contributed by atoms with Crippen LogP contribution in [0.25, 0.3) is 49.4 Å².